The van der Waals surface area contributed by atoms with E-state index in [9.17, 15) is 0 Å². The van der Waals surface area contributed by atoms with E-state index in [4.69, 9.17) is 32.7 Å². The van der Waals surface area contributed by atoms with Crippen LogP contribution in [0.5, 0.6) is 11.5 Å². The molecule has 2 aromatic rings. The van der Waals surface area contributed by atoms with Crippen LogP contribution in [0, 0.1) is 0 Å². The molecule has 0 saturated carbocycles. The number of halogens is 2. The highest BCUT2D eigenvalue weighted by atomic mass is 35.5. The van der Waals surface area contributed by atoms with Gasteiger partial charge in [0.25, 0.3) is 0 Å². The molecule has 3 rings (SSSR count). The smallest absolute Gasteiger partial charge is 0.137 e. The van der Waals surface area contributed by atoms with E-state index in [1.54, 1.807) is 0 Å². The van der Waals surface area contributed by atoms with Crippen molar-refractivity contribution >= 4 is 23.2 Å². The molecule has 0 N–H and O–H groups in total. The maximum atomic E-state index is 6.10. The normalized spacial score (nSPS) is 15.8. The Morgan fingerprint density at radius 1 is 0.769 bits per heavy atom. The molecular weight excluding hydrogens is 371 g/mol. The highest BCUT2D eigenvalue weighted by Gasteiger charge is 2.16. The van der Waals surface area contributed by atoms with Crippen LogP contribution < -0.4 is 9.47 Å². The van der Waals surface area contributed by atoms with Gasteiger partial charge in [-0.2, -0.15) is 0 Å². The fraction of sp³-hybridized carbons (Fsp3) is 0.400. The highest BCUT2D eigenvalue weighted by Crippen LogP contribution is 2.23. The highest BCUT2D eigenvalue weighted by molar-refractivity contribution is 6.32. The van der Waals surface area contributed by atoms with Gasteiger partial charge in [0, 0.05) is 44.3 Å². The predicted octanol–water partition coefficient (Wildman–Crippen LogP) is 4.07. The average Bonchev–Trinajstić information content (AvgIpc) is 2.65. The van der Waals surface area contributed by atoms with Gasteiger partial charge in [-0.05, 0) is 30.3 Å². The molecule has 0 unspecified atom stereocenters. The summed E-state index contributed by atoms with van der Waals surface area (Å²) in [5, 5.41) is 1.37. The summed E-state index contributed by atoms with van der Waals surface area (Å²) in [7, 11) is 0. The molecule has 4 nitrogen and oxygen atoms in total. The second kappa shape index (κ2) is 10.0. The van der Waals surface area contributed by atoms with E-state index in [0.717, 1.165) is 50.8 Å². The molecule has 1 fully saturated rings. The lowest BCUT2D eigenvalue weighted by Gasteiger charge is -2.34. The molecule has 0 aromatic heterocycles. The van der Waals surface area contributed by atoms with E-state index in [1.165, 1.54) is 0 Å². The van der Waals surface area contributed by atoms with Gasteiger partial charge in [0.2, 0.25) is 0 Å². The maximum Gasteiger partial charge on any atom is 0.137 e. The molecule has 0 atom stereocenters. The van der Waals surface area contributed by atoms with Crippen molar-refractivity contribution in [3.05, 3.63) is 58.6 Å². The first kappa shape index (κ1) is 19.3. The van der Waals surface area contributed by atoms with Crippen LogP contribution in [-0.4, -0.2) is 62.3 Å². The average molecular weight is 395 g/mol. The largest absolute Gasteiger partial charge is 0.492 e. The Morgan fingerprint density at radius 2 is 1.42 bits per heavy atom. The first-order chi connectivity index (χ1) is 12.7. The van der Waals surface area contributed by atoms with E-state index in [1.807, 2.05) is 48.5 Å². The zero-order valence-electron chi connectivity index (χ0n) is 14.7. The van der Waals surface area contributed by atoms with Crippen LogP contribution in [0.3, 0.4) is 0 Å². The van der Waals surface area contributed by atoms with Crippen LogP contribution in [0.25, 0.3) is 0 Å². The standard InChI is InChI=1S/C20H24Cl2N2O2/c21-17-4-3-5-18(16-17)25-14-12-23-8-10-24(11-9-23)13-15-26-20-7-2-1-6-19(20)22/h1-7,16H,8-15H2. The van der Waals surface area contributed by atoms with Gasteiger partial charge in [-0.15, -0.1) is 0 Å². The zero-order chi connectivity index (χ0) is 18.2. The van der Waals surface area contributed by atoms with Gasteiger partial charge in [0.1, 0.15) is 24.7 Å². The minimum absolute atomic E-state index is 0.654. The third kappa shape index (κ3) is 6.06. The molecule has 140 valence electrons. The third-order valence-corrected chi connectivity index (χ3v) is 4.99. The van der Waals surface area contributed by atoms with E-state index in [-0.39, 0.29) is 0 Å². The van der Waals surface area contributed by atoms with Crippen LogP contribution in [0.4, 0.5) is 0 Å². The van der Waals surface area contributed by atoms with E-state index < -0.39 is 0 Å². The minimum atomic E-state index is 0.654. The third-order valence-electron chi connectivity index (χ3n) is 4.44. The molecule has 2 aromatic carbocycles. The van der Waals surface area contributed by atoms with Crippen molar-refractivity contribution in [1.29, 1.82) is 0 Å². The number of benzene rings is 2. The first-order valence-electron chi connectivity index (χ1n) is 8.91. The van der Waals surface area contributed by atoms with Gasteiger partial charge in [-0.1, -0.05) is 41.4 Å². The van der Waals surface area contributed by atoms with Gasteiger partial charge >= 0.3 is 0 Å². The summed E-state index contributed by atoms with van der Waals surface area (Å²) in [6, 6.07) is 15.1. The Kier molecular flexibility index (Phi) is 7.44. The molecule has 0 radical (unpaired) electrons. The van der Waals surface area contributed by atoms with E-state index >= 15 is 0 Å². The molecule has 1 aliphatic heterocycles. The Labute approximate surface area is 165 Å². The Morgan fingerprint density at radius 3 is 2.08 bits per heavy atom. The van der Waals surface area contributed by atoms with Crippen LogP contribution in [0.15, 0.2) is 48.5 Å². The maximum absolute atomic E-state index is 6.10. The van der Waals surface area contributed by atoms with Gasteiger partial charge in [0.05, 0.1) is 5.02 Å². The molecule has 0 aliphatic carbocycles. The fourth-order valence-electron chi connectivity index (χ4n) is 2.93. The molecular formula is C20H24Cl2N2O2. The quantitative estimate of drug-likeness (QED) is 0.673. The number of hydrogen-bond acceptors (Lipinski definition) is 4. The van der Waals surface area contributed by atoms with Gasteiger partial charge in [-0.25, -0.2) is 0 Å². The topological polar surface area (TPSA) is 24.9 Å². The molecule has 1 saturated heterocycles. The van der Waals surface area contributed by atoms with Crippen LogP contribution >= 0.6 is 23.2 Å². The lowest BCUT2D eigenvalue weighted by Crippen LogP contribution is -2.48. The Bertz CT molecular complexity index is 691. The number of nitrogens with zero attached hydrogens (tertiary/aromatic N) is 2. The van der Waals surface area contributed by atoms with Gasteiger partial charge in [0.15, 0.2) is 0 Å². The number of para-hydroxylation sites is 1. The summed E-state index contributed by atoms with van der Waals surface area (Å²) in [6.07, 6.45) is 0. The summed E-state index contributed by atoms with van der Waals surface area (Å²) in [6.45, 7) is 7.36. The van der Waals surface area contributed by atoms with Crippen molar-refractivity contribution in [1.82, 2.24) is 9.80 Å². The number of piperazine rings is 1. The molecule has 0 amide bonds. The summed E-state index contributed by atoms with van der Waals surface area (Å²) in [5.74, 6) is 1.58. The van der Waals surface area contributed by atoms with Crippen LogP contribution in [0.1, 0.15) is 0 Å². The van der Waals surface area contributed by atoms with Crippen LogP contribution in [-0.2, 0) is 0 Å². The minimum Gasteiger partial charge on any atom is -0.492 e. The number of rotatable bonds is 8. The lowest BCUT2D eigenvalue weighted by molar-refractivity contribution is 0.105. The Balaban J connectivity index is 1.30. The van der Waals surface area contributed by atoms with Crippen molar-refractivity contribution in [3.63, 3.8) is 0 Å². The van der Waals surface area contributed by atoms with Crippen molar-refractivity contribution in [2.75, 3.05) is 52.5 Å². The van der Waals surface area contributed by atoms with Crippen molar-refractivity contribution in [2.24, 2.45) is 0 Å². The van der Waals surface area contributed by atoms with Crippen LogP contribution in [0.2, 0.25) is 10.0 Å². The lowest BCUT2D eigenvalue weighted by atomic mass is 10.3. The predicted molar refractivity (Wildman–Crippen MR) is 107 cm³/mol. The number of ether oxygens (including phenoxy) is 2. The van der Waals surface area contributed by atoms with Gasteiger partial charge in [-0.3, -0.25) is 9.80 Å². The van der Waals surface area contributed by atoms with Crippen molar-refractivity contribution < 1.29 is 9.47 Å². The summed E-state index contributed by atoms with van der Waals surface area (Å²) in [4.78, 5) is 4.85. The summed E-state index contributed by atoms with van der Waals surface area (Å²) in [5.41, 5.74) is 0. The second-order valence-electron chi connectivity index (χ2n) is 6.27. The zero-order valence-corrected chi connectivity index (χ0v) is 16.3. The van der Waals surface area contributed by atoms with E-state index in [2.05, 4.69) is 9.80 Å². The molecule has 0 bridgehead atoms. The van der Waals surface area contributed by atoms with Crippen molar-refractivity contribution in [2.45, 2.75) is 0 Å². The second-order valence-corrected chi connectivity index (χ2v) is 7.11. The Hall–Kier alpha value is -1.46. The SMILES string of the molecule is Clc1cccc(OCCN2CCN(CCOc3ccccc3Cl)CC2)c1. The molecule has 6 heteroatoms. The summed E-state index contributed by atoms with van der Waals surface area (Å²) >= 11 is 12.1. The monoisotopic (exact) mass is 394 g/mol. The molecule has 1 heterocycles. The molecule has 1 aliphatic rings. The van der Waals surface area contributed by atoms with E-state index in [0.29, 0.717) is 23.3 Å². The first-order valence-corrected chi connectivity index (χ1v) is 9.67. The fourth-order valence-corrected chi connectivity index (χ4v) is 3.30. The molecule has 0 spiro atoms. The number of hydrogen-bond donors (Lipinski definition) is 0. The summed E-state index contributed by atoms with van der Waals surface area (Å²) < 4.78 is 11.5. The van der Waals surface area contributed by atoms with Crippen molar-refractivity contribution in [3.8, 4) is 11.5 Å². The molecule has 26 heavy (non-hydrogen) atoms. The van der Waals surface area contributed by atoms with Gasteiger partial charge < -0.3 is 9.47 Å².